The van der Waals surface area contributed by atoms with Crippen molar-refractivity contribution in [3.8, 4) is 0 Å². The van der Waals surface area contributed by atoms with Crippen molar-refractivity contribution in [2.45, 2.75) is 25.8 Å². The topological polar surface area (TPSA) is 48.7 Å². The van der Waals surface area contributed by atoms with E-state index in [4.69, 9.17) is 4.98 Å². The molecule has 1 aliphatic rings. The first-order valence-electron chi connectivity index (χ1n) is 8.88. The number of nitrogens with zero attached hydrogens (tertiary/aromatic N) is 5. The van der Waals surface area contributed by atoms with Crippen LogP contribution in [0.5, 0.6) is 0 Å². The zero-order valence-electron chi connectivity index (χ0n) is 15.8. The van der Waals surface area contributed by atoms with Crippen LogP contribution in [0.2, 0.25) is 0 Å². The molecule has 3 heterocycles. The van der Waals surface area contributed by atoms with Crippen molar-refractivity contribution in [1.82, 2.24) is 19.8 Å². The lowest BCUT2D eigenvalue weighted by Gasteiger charge is -2.22. The van der Waals surface area contributed by atoms with E-state index >= 15 is 0 Å². The first-order valence-corrected chi connectivity index (χ1v) is 9.76. The molecule has 3 rings (SSSR count). The predicted octanol–water partition coefficient (Wildman–Crippen LogP) is 2.95. The molecule has 0 bridgehead atoms. The molecule has 8 heteroatoms. The number of hydrogen-bond acceptors (Lipinski definition) is 4. The fourth-order valence-electron chi connectivity index (χ4n) is 3.13. The molecular weight excluding hydrogens is 459 g/mol. The molecule has 0 aromatic carbocycles. The van der Waals surface area contributed by atoms with Crippen molar-refractivity contribution in [2.75, 3.05) is 38.6 Å². The number of aromatic nitrogens is 2. The number of halogens is 1. The maximum atomic E-state index is 4.78. The SMILES string of the molecule is CN=C(NCCc1csc(N2CCCC2)n1)N(C)Cc1cccn1C.I. The number of aliphatic imine (C=N–C) groups is 1. The average Bonchev–Trinajstić information content (AvgIpc) is 3.34. The Morgan fingerprint density at radius 2 is 2.15 bits per heavy atom. The summed E-state index contributed by atoms with van der Waals surface area (Å²) in [5.41, 5.74) is 2.43. The van der Waals surface area contributed by atoms with E-state index in [9.17, 15) is 0 Å². The van der Waals surface area contributed by atoms with Crippen molar-refractivity contribution in [1.29, 1.82) is 0 Å². The van der Waals surface area contributed by atoms with Gasteiger partial charge in [0.2, 0.25) is 0 Å². The van der Waals surface area contributed by atoms with Gasteiger partial charge < -0.3 is 19.7 Å². The lowest BCUT2D eigenvalue weighted by atomic mass is 10.3. The molecule has 0 spiro atoms. The summed E-state index contributed by atoms with van der Waals surface area (Å²) < 4.78 is 2.14. The third-order valence-corrected chi connectivity index (χ3v) is 5.55. The molecule has 0 amide bonds. The summed E-state index contributed by atoms with van der Waals surface area (Å²) in [6.45, 7) is 3.98. The highest BCUT2D eigenvalue weighted by atomic mass is 127. The van der Waals surface area contributed by atoms with E-state index in [0.29, 0.717) is 0 Å². The van der Waals surface area contributed by atoms with Gasteiger partial charge in [-0.25, -0.2) is 4.98 Å². The van der Waals surface area contributed by atoms with E-state index < -0.39 is 0 Å². The molecule has 1 saturated heterocycles. The van der Waals surface area contributed by atoms with Crippen LogP contribution in [0.3, 0.4) is 0 Å². The molecule has 1 aliphatic heterocycles. The van der Waals surface area contributed by atoms with E-state index in [0.717, 1.165) is 38.6 Å². The zero-order chi connectivity index (χ0) is 17.6. The molecule has 26 heavy (non-hydrogen) atoms. The van der Waals surface area contributed by atoms with E-state index in [2.05, 4.69) is 62.5 Å². The summed E-state index contributed by atoms with van der Waals surface area (Å²) in [4.78, 5) is 13.7. The van der Waals surface area contributed by atoms with Gasteiger partial charge in [-0.15, -0.1) is 35.3 Å². The van der Waals surface area contributed by atoms with Crippen LogP contribution < -0.4 is 10.2 Å². The highest BCUT2D eigenvalue weighted by Crippen LogP contribution is 2.24. The number of thiazole rings is 1. The van der Waals surface area contributed by atoms with Crippen LogP contribution in [0, 0.1) is 0 Å². The average molecular weight is 488 g/mol. The largest absolute Gasteiger partial charge is 0.356 e. The number of rotatable bonds is 6. The van der Waals surface area contributed by atoms with Gasteiger partial charge in [0.15, 0.2) is 11.1 Å². The third kappa shape index (κ3) is 5.35. The van der Waals surface area contributed by atoms with Crippen LogP contribution in [-0.4, -0.2) is 54.1 Å². The summed E-state index contributed by atoms with van der Waals surface area (Å²) >= 11 is 1.77. The second kappa shape index (κ2) is 10.1. The van der Waals surface area contributed by atoms with Crippen LogP contribution >= 0.6 is 35.3 Å². The Hall–Kier alpha value is -1.29. The van der Waals surface area contributed by atoms with Gasteiger partial charge >= 0.3 is 0 Å². The molecule has 1 fully saturated rings. The molecule has 2 aromatic heterocycles. The summed E-state index contributed by atoms with van der Waals surface area (Å²) in [5, 5.41) is 6.81. The lowest BCUT2D eigenvalue weighted by Crippen LogP contribution is -2.39. The molecule has 0 saturated carbocycles. The molecule has 144 valence electrons. The maximum Gasteiger partial charge on any atom is 0.193 e. The normalized spacial score (nSPS) is 14.4. The van der Waals surface area contributed by atoms with Gasteiger partial charge in [-0.05, 0) is 25.0 Å². The fraction of sp³-hybridized carbons (Fsp3) is 0.556. The van der Waals surface area contributed by atoms with Gasteiger partial charge in [0.05, 0.1) is 12.2 Å². The Morgan fingerprint density at radius 3 is 2.81 bits per heavy atom. The smallest absolute Gasteiger partial charge is 0.193 e. The van der Waals surface area contributed by atoms with Gasteiger partial charge in [-0.1, -0.05) is 0 Å². The van der Waals surface area contributed by atoms with E-state index in [-0.39, 0.29) is 24.0 Å². The summed E-state index contributed by atoms with van der Waals surface area (Å²) in [6, 6.07) is 4.21. The minimum atomic E-state index is 0. The molecule has 0 unspecified atom stereocenters. The van der Waals surface area contributed by atoms with E-state index in [1.807, 2.05) is 7.05 Å². The minimum Gasteiger partial charge on any atom is -0.356 e. The second-order valence-corrected chi connectivity index (χ2v) is 7.34. The van der Waals surface area contributed by atoms with Crippen molar-refractivity contribution in [2.24, 2.45) is 12.0 Å². The Balaban J connectivity index is 0.00000243. The van der Waals surface area contributed by atoms with Crippen LogP contribution in [0.25, 0.3) is 0 Å². The number of anilines is 1. The maximum absolute atomic E-state index is 4.78. The first kappa shape index (κ1) is 21.0. The van der Waals surface area contributed by atoms with E-state index in [1.54, 1.807) is 11.3 Å². The number of nitrogens with one attached hydrogen (secondary N) is 1. The Morgan fingerprint density at radius 1 is 1.38 bits per heavy atom. The summed E-state index contributed by atoms with van der Waals surface area (Å²) in [7, 11) is 5.97. The van der Waals surface area contributed by atoms with E-state index in [1.165, 1.54) is 29.4 Å². The monoisotopic (exact) mass is 488 g/mol. The molecule has 6 nitrogen and oxygen atoms in total. The highest BCUT2D eigenvalue weighted by molar-refractivity contribution is 14.0. The number of aryl methyl sites for hydroxylation is 1. The van der Waals surface area contributed by atoms with Gasteiger partial charge in [0.25, 0.3) is 0 Å². The van der Waals surface area contributed by atoms with Gasteiger partial charge in [0.1, 0.15) is 0 Å². The van der Waals surface area contributed by atoms with Crippen molar-refractivity contribution < 1.29 is 0 Å². The molecule has 0 radical (unpaired) electrons. The molecule has 2 aromatic rings. The Labute approximate surface area is 177 Å². The number of hydrogen-bond donors (Lipinski definition) is 1. The second-order valence-electron chi connectivity index (χ2n) is 6.51. The van der Waals surface area contributed by atoms with Crippen molar-refractivity contribution in [3.05, 3.63) is 35.1 Å². The summed E-state index contributed by atoms with van der Waals surface area (Å²) in [6.07, 6.45) is 5.57. The third-order valence-electron chi connectivity index (χ3n) is 4.60. The standard InChI is InChI=1S/C18H28N6S.HI/c1-19-17(23(3)13-16-7-6-10-22(16)2)20-9-8-15-14-25-18(21-15)24-11-4-5-12-24;/h6-7,10,14H,4-5,8-9,11-13H2,1-3H3,(H,19,20);1H. The fourth-order valence-corrected chi connectivity index (χ4v) is 4.04. The van der Waals surface area contributed by atoms with Gasteiger partial charge in [-0.3, -0.25) is 4.99 Å². The van der Waals surface area contributed by atoms with Crippen molar-refractivity contribution >= 4 is 46.4 Å². The molecule has 0 aliphatic carbocycles. The molecule has 0 atom stereocenters. The van der Waals surface area contributed by atoms with Gasteiger partial charge in [-0.2, -0.15) is 0 Å². The Kier molecular flexibility index (Phi) is 8.20. The summed E-state index contributed by atoms with van der Waals surface area (Å²) in [5.74, 6) is 0.913. The quantitative estimate of drug-likeness (QED) is 0.386. The highest BCUT2D eigenvalue weighted by Gasteiger charge is 2.15. The van der Waals surface area contributed by atoms with Crippen LogP contribution in [0.15, 0.2) is 28.7 Å². The van der Waals surface area contributed by atoms with Gasteiger partial charge in [0, 0.05) is 64.5 Å². The zero-order valence-corrected chi connectivity index (χ0v) is 19.0. The number of guanidine groups is 1. The van der Waals surface area contributed by atoms with Crippen LogP contribution in [-0.2, 0) is 20.0 Å². The molecular formula is C18H29IN6S. The first-order chi connectivity index (χ1) is 12.2. The predicted molar refractivity (Wildman–Crippen MR) is 121 cm³/mol. The minimum absolute atomic E-state index is 0. The van der Waals surface area contributed by atoms with Crippen molar-refractivity contribution in [3.63, 3.8) is 0 Å². The van der Waals surface area contributed by atoms with Crippen LogP contribution in [0.1, 0.15) is 24.2 Å². The molecule has 1 N–H and O–H groups in total. The van der Waals surface area contributed by atoms with Crippen LogP contribution in [0.4, 0.5) is 5.13 Å². The Bertz CT molecular complexity index is 704. The lowest BCUT2D eigenvalue weighted by molar-refractivity contribution is 0.462.